The van der Waals surface area contributed by atoms with Crippen LogP contribution in [0, 0.1) is 0 Å². The topological polar surface area (TPSA) is 45.7 Å². The van der Waals surface area contributed by atoms with Crippen LogP contribution in [0.25, 0.3) is 0 Å². The van der Waals surface area contributed by atoms with Gasteiger partial charge in [-0.1, -0.05) is 67.6 Å². The van der Waals surface area contributed by atoms with Crippen molar-refractivity contribution in [1.82, 2.24) is 10.6 Å². The molecule has 0 amide bonds. The maximum absolute atomic E-state index is 5.59. The van der Waals surface area contributed by atoms with Gasteiger partial charge in [-0.05, 0) is 29.7 Å². The van der Waals surface area contributed by atoms with Crippen molar-refractivity contribution in [3.05, 3.63) is 71.8 Å². The molecule has 0 bridgehead atoms. The fraction of sp³-hybridized carbons (Fsp3) is 0.458. The molecule has 2 aromatic carbocycles. The van der Waals surface area contributed by atoms with Crippen LogP contribution in [0.5, 0.6) is 0 Å². The zero-order valence-electron chi connectivity index (χ0n) is 17.6. The molecule has 0 aromatic heterocycles. The predicted octanol–water partition coefficient (Wildman–Crippen LogP) is 4.29. The molecule has 29 heavy (non-hydrogen) atoms. The lowest BCUT2D eigenvalue weighted by Crippen LogP contribution is -2.48. The van der Waals surface area contributed by atoms with Gasteiger partial charge >= 0.3 is 0 Å². The fourth-order valence-corrected chi connectivity index (χ4v) is 5.13. The Hall–Kier alpha value is -1.98. The zero-order valence-corrected chi connectivity index (χ0v) is 18.4. The van der Waals surface area contributed by atoms with Crippen molar-refractivity contribution in [2.75, 3.05) is 39.1 Å². The van der Waals surface area contributed by atoms with Gasteiger partial charge in [0.05, 0.1) is 0 Å². The Morgan fingerprint density at radius 2 is 1.59 bits per heavy atom. The Bertz CT molecular complexity index is 700. The van der Waals surface area contributed by atoms with Crippen molar-refractivity contribution in [3.63, 3.8) is 0 Å². The van der Waals surface area contributed by atoms with E-state index in [9.17, 15) is 0 Å². The van der Waals surface area contributed by atoms with E-state index in [1.54, 1.807) is 0 Å². The monoisotopic (exact) mass is 411 g/mol. The van der Waals surface area contributed by atoms with Crippen molar-refractivity contribution >= 4 is 17.7 Å². The van der Waals surface area contributed by atoms with Gasteiger partial charge in [-0.15, -0.1) is 0 Å². The highest BCUT2D eigenvalue weighted by Crippen LogP contribution is 2.34. The van der Waals surface area contributed by atoms with Gasteiger partial charge in [0.2, 0.25) is 0 Å². The largest absolute Gasteiger partial charge is 0.381 e. The lowest BCUT2D eigenvalue weighted by molar-refractivity contribution is 0.0782. The quantitative estimate of drug-likeness (QED) is 0.503. The number of aliphatic imine (C=N–C) groups is 1. The van der Waals surface area contributed by atoms with Gasteiger partial charge in [-0.25, -0.2) is 0 Å². The third kappa shape index (κ3) is 6.25. The van der Waals surface area contributed by atoms with Gasteiger partial charge < -0.3 is 15.4 Å². The summed E-state index contributed by atoms with van der Waals surface area (Å²) < 4.78 is 5.83. The van der Waals surface area contributed by atoms with E-state index in [1.807, 2.05) is 18.8 Å². The predicted molar refractivity (Wildman–Crippen MR) is 125 cm³/mol. The molecule has 5 heteroatoms. The highest BCUT2D eigenvalue weighted by Gasteiger charge is 2.32. The molecule has 0 spiro atoms. The van der Waals surface area contributed by atoms with Crippen LogP contribution >= 0.6 is 11.8 Å². The van der Waals surface area contributed by atoms with Crippen molar-refractivity contribution in [1.29, 1.82) is 0 Å². The summed E-state index contributed by atoms with van der Waals surface area (Å²) in [7, 11) is 1.85. The van der Waals surface area contributed by atoms with Crippen LogP contribution in [-0.4, -0.2) is 49.8 Å². The maximum atomic E-state index is 5.59. The third-order valence-corrected chi connectivity index (χ3v) is 6.99. The number of benzene rings is 2. The molecule has 0 unspecified atom stereocenters. The summed E-state index contributed by atoms with van der Waals surface area (Å²) in [4.78, 5) is 4.48. The number of hydrogen-bond acceptors (Lipinski definition) is 3. The average Bonchev–Trinajstić information content (AvgIpc) is 2.78. The normalized spacial score (nSPS) is 16.6. The Balaban J connectivity index is 1.64. The van der Waals surface area contributed by atoms with Gasteiger partial charge in [0, 0.05) is 44.0 Å². The first-order valence-corrected chi connectivity index (χ1v) is 11.5. The molecule has 1 heterocycles. The van der Waals surface area contributed by atoms with E-state index in [2.05, 4.69) is 83.2 Å². The zero-order chi connectivity index (χ0) is 20.4. The summed E-state index contributed by atoms with van der Waals surface area (Å²) in [5, 5.41) is 7.15. The molecule has 1 fully saturated rings. The average molecular weight is 412 g/mol. The minimum Gasteiger partial charge on any atom is -0.381 e. The minimum atomic E-state index is 0.239. The summed E-state index contributed by atoms with van der Waals surface area (Å²) in [6.07, 6.45) is 2.18. The van der Waals surface area contributed by atoms with E-state index in [0.717, 1.165) is 50.9 Å². The minimum absolute atomic E-state index is 0.239. The smallest absolute Gasteiger partial charge is 0.191 e. The molecule has 3 rings (SSSR count). The fourth-order valence-electron chi connectivity index (χ4n) is 3.88. The van der Waals surface area contributed by atoms with Crippen LogP contribution in [-0.2, 0) is 4.74 Å². The first kappa shape index (κ1) is 21.7. The molecular formula is C24H33N3OS. The van der Waals surface area contributed by atoms with Gasteiger partial charge in [-0.2, -0.15) is 11.8 Å². The maximum Gasteiger partial charge on any atom is 0.191 e. The Kier molecular flexibility index (Phi) is 8.44. The first-order valence-electron chi connectivity index (χ1n) is 10.5. The number of rotatable bonds is 8. The van der Waals surface area contributed by atoms with E-state index >= 15 is 0 Å². The van der Waals surface area contributed by atoms with E-state index in [-0.39, 0.29) is 10.7 Å². The van der Waals surface area contributed by atoms with Crippen LogP contribution in [0.1, 0.15) is 36.8 Å². The third-order valence-electron chi connectivity index (χ3n) is 5.53. The van der Waals surface area contributed by atoms with E-state index in [0.29, 0.717) is 0 Å². The molecule has 156 valence electrons. The second kappa shape index (κ2) is 11.3. The molecular weight excluding hydrogens is 378 g/mol. The molecule has 1 aliphatic rings. The van der Waals surface area contributed by atoms with Crippen molar-refractivity contribution in [2.24, 2.45) is 4.99 Å². The van der Waals surface area contributed by atoms with Crippen molar-refractivity contribution in [2.45, 2.75) is 30.4 Å². The molecule has 2 N–H and O–H groups in total. The summed E-state index contributed by atoms with van der Waals surface area (Å²) >= 11 is 2.05. The van der Waals surface area contributed by atoms with Crippen LogP contribution in [0.3, 0.4) is 0 Å². The molecule has 1 aliphatic heterocycles. The summed E-state index contributed by atoms with van der Waals surface area (Å²) in [5.74, 6) is 2.26. The van der Waals surface area contributed by atoms with Gasteiger partial charge in [0.1, 0.15) is 0 Å². The number of nitrogens with one attached hydrogen (secondary N) is 2. The second-order valence-electron chi connectivity index (χ2n) is 7.41. The van der Waals surface area contributed by atoms with Crippen molar-refractivity contribution in [3.8, 4) is 0 Å². The van der Waals surface area contributed by atoms with E-state index < -0.39 is 0 Å². The Morgan fingerprint density at radius 3 is 2.10 bits per heavy atom. The highest BCUT2D eigenvalue weighted by atomic mass is 32.2. The number of thioether (sulfide) groups is 1. The Morgan fingerprint density at radius 1 is 1.00 bits per heavy atom. The van der Waals surface area contributed by atoms with E-state index in [1.165, 1.54) is 11.1 Å². The molecule has 0 saturated carbocycles. The second-order valence-corrected chi connectivity index (χ2v) is 9.14. The standard InChI is InChI=1S/C24H33N3OS/c1-3-29-24(14-16-28-17-15-24)19-27-23(25-2)26-18-22(20-10-6-4-7-11-20)21-12-8-5-9-13-21/h4-13,22H,3,14-19H2,1-2H3,(H2,25,26,27). The first-order chi connectivity index (χ1) is 14.3. The number of hydrogen-bond donors (Lipinski definition) is 2. The molecule has 4 nitrogen and oxygen atoms in total. The summed E-state index contributed by atoms with van der Waals surface area (Å²) in [6, 6.07) is 21.4. The molecule has 1 saturated heterocycles. The SMILES string of the molecule is CCSC1(CNC(=NC)NCC(c2ccccc2)c2ccccc2)CCOCC1. The highest BCUT2D eigenvalue weighted by molar-refractivity contribution is 8.00. The van der Waals surface area contributed by atoms with Crippen LogP contribution in [0.2, 0.25) is 0 Å². The Labute approximate surface area is 179 Å². The van der Waals surface area contributed by atoms with Gasteiger partial charge in [-0.3, -0.25) is 4.99 Å². The lowest BCUT2D eigenvalue weighted by Gasteiger charge is -2.37. The number of ether oxygens (including phenoxy) is 1. The van der Waals surface area contributed by atoms with Crippen molar-refractivity contribution < 1.29 is 4.74 Å². The lowest BCUT2D eigenvalue weighted by atomic mass is 9.91. The van der Waals surface area contributed by atoms with Crippen LogP contribution in [0.4, 0.5) is 0 Å². The van der Waals surface area contributed by atoms with Crippen LogP contribution < -0.4 is 10.6 Å². The molecule has 0 aliphatic carbocycles. The summed E-state index contributed by atoms with van der Waals surface area (Å²) in [5.41, 5.74) is 2.62. The van der Waals surface area contributed by atoms with E-state index in [4.69, 9.17) is 4.74 Å². The van der Waals surface area contributed by atoms with Gasteiger partial charge in [0.15, 0.2) is 5.96 Å². The molecule has 0 radical (unpaired) electrons. The number of guanidine groups is 1. The van der Waals surface area contributed by atoms with Gasteiger partial charge in [0.25, 0.3) is 0 Å². The van der Waals surface area contributed by atoms with Crippen LogP contribution in [0.15, 0.2) is 65.7 Å². The molecule has 2 aromatic rings. The summed E-state index contributed by atoms with van der Waals surface area (Å²) in [6.45, 7) is 5.65. The molecule has 0 atom stereocenters. The number of nitrogens with zero attached hydrogens (tertiary/aromatic N) is 1.